The van der Waals surface area contributed by atoms with Gasteiger partial charge in [0.2, 0.25) is 5.91 Å². The lowest BCUT2D eigenvalue weighted by molar-refractivity contribution is -0.125. The maximum Gasteiger partial charge on any atom is 0.224 e. The number of piperazine rings is 1. The number of guanidine groups is 1. The van der Waals surface area contributed by atoms with Crippen LogP contribution in [0.3, 0.4) is 0 Å². The average Bonchev–Trinajstić information content (AvgIpc) is 2.61. The molecule has 0 spiro atoms. The zero-order chi connectivity index (χ0) is 19.3. The molecule has 1 aromatic rings. The summed E-state index contributed by atoms with van der Waals surface area (Å²) in [5, 5.41) is 3.21. The molecule has 0 unspecified atom stereocenters. The number of halogens is 2. The van der Waals surface area contributed by atoms with Gasteiger partial charge in [0.15, 0.2) is 5.96 Å². The predicted molar refractivity (Wildman–Crippen MR) is 99.1 cm³/mol. The Hall–Kier alpha value is -2.38. The van der Waals surface area contributed by atoms with Crippen molar-refractivity contribution >= 4 is 17.6 Å². The molecule has 26 heavy (non-hydrogen) atoms. The maximum absolute atomic E-state index is 14.0. The molecule has 0 aromatic heterocycles. The monoisotopic (exact) mass is 367 g/mol. The number of nitrogens with zero attached hydrogens (tertiary/aromatic N) is 3. The highest BCUT2D eigenvalue weighted by atomic mass is 19.1. The summed E-state index contributed by atoms with van der Waals surface area (Å²) in [6, 6.07) is 3.49. The van der Waals surface area contributed by atoms with Crippen molar-refractivity contribution in [3.8, 4) is 0 Å². The highest BCUT2D eigenvalue weighted by Gasteiger charge is 2.26. The van der Waals surface area contributed by atoms with Crippen molar-refractivity contribution in [2.45, 2.75) is 20.8 Å². The van der Waals surface area contributed by atoms with E-state index in [2.05, 4.69) is 10.3 Å². The van der Waals surface area contributed by atoms with Crippen molar-refractivity contribution in [1.82, 2.24) is 10.2 Å². The lowest BCUT2D eigenvalue weighted by Crippen LogP contribution is -2.53. The summed E-state index contributed by atoms with van der Waals surface area (Å²) in [5.41, 5.74) is 4.95. The zero-order valence-corrected chi connectivity index (χ0v) is 15.6. The van der Waals surface area contributed by atoms with Crippen molar-refractivity contribution < 1.29 is 13.6 Å². The average molecular weight is 367 g/mol. The Morgan fingerprint density at radius 1 is 1.27 bits per heavy atom. The van der Waals surface area contributed by atoms with Crippen LogP contribution in [-0.4, -0.2) is 56.0 Å². The Balaban J connectivity index is 2.05. The molecule has 0 saturated carbocycles. The number of aliphatic imine (C=N–C) groups is 1. The fourth-order valence-electron chi connectivity index (χ4n) is 2.66. The van der Waals surface area contributed by atoms with Gasteiger partial charge >= 0.3 is 0 Å². The van der Waals surface area contributed by atoms with Crippen LogP contribution in [0.2, 0.25) is 0 Å². The molecule has 1 saturated heterocycles. The van der Waals surface area contributed by atoms with E-state index in [1.807, 2.05) is 16.7 Å². The SMILES string of the molecule is CCNC(=NCC(C)(C)C(N)=O)N1CCN(c2cc(F)ccc2F)CC1. The minimum absolute atomic E-state index is 0.279. The second kappa shape index (κ2) is 8.33. The van der Waals surface area contributed by atoms with Gasteiger partial charge in [0.05, 0.1) is 17.6 Å². The van der Waals surface area contributed by atoms with E-state index in [0.717, 1.165) is 12.1 Å². The summed E-state index contributed by atoms with van der Waals surface area (Å²) in [6.07, 6.45) is 0. The number of rotatable bonds is 5. The van der Waals surface area contributed by atoms with Gasteiger partial charge in [-0.1, -0.05) is 0 Å². The van der Waals surface area contributed by atoms with Crippen LogP contribution in [0.25, 0.3) is 0 Å². The number of anilines is 1. The fourth-order valence-corrected chi connectivity index (χ4v) is 2.66. The van der Waals surface area contributed by atoms with E-state index in [1.54, 1.807) is 13.8 Å². The minimum Gasteiger partial charge on any atom is -0.369 e. The Kier molecular flexibility index (Phi) is 6.39. The first kappa shape index (κ1) is 19.9. The third-order valence-corrected chi connectivity index (χ3v) is 4.45. The van der Waals surface area contributed by atoms with Crippen LogP contribution in [-0.2, 0) is 4.79 Å². The molecule has 1 amide bonds. The highest BCUT2D eigenvalue weighted by Crippen LogP contribution is 2.22. The van der Waals surface area contributed by atoms with Crippen molar-refractivity contribution in [3.63, 3.8) is 0 Å². The third kappa shape index (κ3) is 4.83. The molecule has 0 bridgehead atoms. The Morgan fingerprint density at radius 3 is 2.50 bits per heavy atom. The summed E-state index contributed by atoms with van der Waals surface area (Å²) in [4.78, 5) is 19.9. The van der Waals surface area contributed by atoms with E-state index in [4.69, 9.17) is 5.73 Å². The summed E-state index contributed by atoms with van der Waals surface area (Å²) < 4.78 is 27.4. The van der Waals surface area contributed by atoms with E-state index in [9.17, 15) is 13.6 Å². The van der Waals surface area contributed by atoms with Gasteiger partial charge in [0, 0.05) is 38.8 Å². The lowest BCUT2D eigenvalue weighted by atomic mass is 9.93. The molecule has 2 rings (SSSR count). The molecule has 144 valence electrons. The molecule has 3 N–H and O–H groups in total. The summed E-state index contributed by atoms with van der Waals surface area (Å²) >= 11 is 0. The molecule has 1 aromatic carbocycles. The van der Waals surface area contributed by atoms with Gasteiger partial charge in [-0.05, 0) is 32.9 Å². The second-order valence-electron chi connectivity index (χ2n) is 6.99. The van der Waals surface area contributed by atoms with Crippen LogP contribution < -0.4 is 16.0 Å². The van der Waals surface area contributed by atoms with Crippen LogP contribution in [0.15, 0.2) is 23.2 Å². The smallest absolute Gasteiger partial charge is 0.224 e. The zero-order valence-electron chi connectivity index (χ0n) is 15.6. The Labute approximate surface area is 153 Å². The van der Waals surface area contributed by atoms with Gasteiger partial charge in [-0.15, -0.1) is 0 Å². The normalized spacial score (nSPS) is 16.0. The first-order chi connectivity index (χ1) is 12.2. The van der Waals surface area contributed by atoms with Crippen molar-refractivity contribution in [2.75, 3.05) is 44.2 Å². The summed E-state index contributed by atoms with van der Waals surface area (Å²) in [7, 11) is 0. The van der Waals surface area contributed by atoms with E-state index in [1.165, 1.54) is 6.07 Å². The topological polar surface area (TPSA) is 74.0 Å². The van der Waals surface area contributed by atoms with Crippen LogP contribution in [0, 0.1) is 17.0 Å². The molecule has 0 aliphatic carbocycles. The van der Waals surface area contributed by atoms with Crippen molar-refractivity contribution in [2.24, 2.45) is 16.1 Å². The third-order valence-electron chi connectivity index (χ3n) is 4.45. The number of carbonyl (C=O) groups is 1. The van der Waals surface area contributed by atoms with Gasteiger partial charge in [-0.25, -0.2) is 8.78 Å². The number of primary amides is 1. The number of nitrogens with two attached hydrogens (primary N) is 1. The van der Waals surface area contributed by atoms with Gasteiger partial charge in [0.1, 0.15) is 11.6 Å². The molecule has 0 atom stereocenters. The Morgan fingerprint density at radius 2 is 1.92 bits per heavy atom. The van der Waals surface area contributed by atoms with E-state index < -0.39 is 23.0 Å². The standard InChI is InChI=1S/C18H27F2N5O/c1-4-22-17(23-12-18(2,3)16(21)26)25-9-7-24(8-10-25)15-11-13(19)5-6-14(15)20/h5-6,11H,4,7-10,12H2,1-3H3,(H2,21,26)(H,22,23). The van der Waals surface area contributed by atoms with Crippen LogP contribution in [0.5, 0.6) is 0 Å². The molecule has 1 aliphatic heterocycles. The summed E-state index contributed by atoms with van der Waals surface area (Å²) in [5.74, 6) is -0.583. The predicted octanol–water partition coefficient (Wildman–Crippen LogP) is 1.56. The molecule has 1 heterocycles. The molecule has 6 nitrogen and oxygen atoms in total. The quantitative estimate of drug-likeness (QED) is 0.612. The molecule has 0 radical (unpaired) electrons. The number of hydrogen-bond donors (Lipinski definition) is 2. The van der Waals surface area contributed by atoms with E-state index in [-0.39, 0.29) is 12.2 Å². The van der Waals surface area contributed by atoms with Crippen LogP contribution in [0.4, 0.5) is 14.5 Å². The van der Waals surface area contributed by atoms with E-state index >= 15 is 0 Å². The minimum atomic E-state index is -0.729. The highest BCUT2D eigenvalue weighted by molar-refractivity contribution is 5.83. The first-order valence-corrected chi connectivity index (χ1v) is 8.77. The number of nitrogens with one attached hydrogen (secondary N) is 1. The number of carbonyl (C=O) groups excluding carboxylic acids is 1. The second-order valence-corrected chi connectivity index (χ2v) is 6.99. The number of hydrogen-bond acceptors (Lipinski definition) is 3. The number of amides is 1. The van der Waals surface area contributed by atoms with E-state index in [0.29, 0.717) is 38.7 Å². The molecule has 1 aliphatic rings. The fraction of sp³-hybridized carbons (Fsp3) is 0.556. The lowest BCUT2D eigenvalue weighted by Gasteiger charge is -2.38. The number of benzene rings is 1. The van der Waals surface area contributed by atoms with Gasteiger partial charge < -0.3 is 20.9 Å². The van der Waals surface area contributed by atoms with Crippen LogP contribution in [0.1, 0.15) is 20.8 Å². The first-order valence-electron chi connectivity index (χ1n) is 8.77. The largest absolute Gasteiger partial charge is 0.369 e. The van der Waals surface area contributed by atoms with Crippen LogP contribution >= 0.6 is 0 Å². The summed E-state index contributed by atoms with van der Waals surface area (Å²) in [6.45, 7) is 8.76. The van der Waals surface area contributed by atoms with Gasteiger partial charge in [-0.3, -0.25) is 9.79 Å². The van der Waals surface area contributed by atoms with Crippen molar-refractivity contribution in [3.05, 3.63) is 29.8 Å². The van der Waals surface area contributed by atoms with Gasteiger partial charge in [-0.2, -0.15) is 0 Å². The van der Waals surface area contributed by atoms with Crippen molar-refractivity contribution in [1.29, 1.82) is 0 Å². The molecular formula is C18H27F2N5O. The van der Waals surface area contributed by atoms with Gasteiger partial charge in [0.25, 0.3) is 0 Å². The Bertz CT molecular complexity index is 670. The maximum atomic E-state index is 14.0. The molecule has 1 fully saturated rings. The molecular weight excluding hydrogens is 340 g/mol. The molecule has 8 heteroatoms.